The summed E-state index contributed by atoms with van der Waals surface area (Å²) in [6, 6.07) is 6.78. The minimum absolute atomic E-state index is 0.0557. The number of unbranched alkanes of at least 4 members (excludes halogenated alkanes) is 2. The van der Waals surface area contributed by atoms with Crippen molar-refractivity contribution in [2.75, 3.05) is 6.54 Å². The molecule has 0 spiro atoms. The third-order valence-corrected chi connectivity index (χ3v) is 5.41. The third-order valence-electron chi connectivity index (χ3n) is 5.41. The van der Waals surface area contributed by atoms with Crippen molar-refractivity contribution >= 4 is 11.8 Å². The molecule has 2 amide bonds. The number of amides is 2. The Labute approximate surface area is 176 Å². The van der Waals surface area contributed by atoms with Crippen LogP contribution in [0.15, 0.2) is 34.9 Å². The Kier molecular flexibility index (Phi) is 7.24. The van der Waals surface area contributed by atoms with Gasteiger partial charge in [0.05, 0.1) is 0 Å². The normalized spacial score (nSPS) is 19.2. The Morgan fingerprint density at radius 2 is 2.03 bits per heavy atom. The number of nitrogens with zero attached hydrogens (tertiary/aromatic N) is 2. The van der Waals surface area contributed by atoms with Crippen molar-refractivity contribution in [2.45, 2.75) is 65.0 Å². The number of hydrogen-bond acceptors (Lipinski definition) is 4. The molecule has 0 radical (unpaired) electrons. The number of hydrogen-bond donors (Lipinski definition) is 1. The van der Waals surface area contributed by atoms with E-state index in [9.17, 15) is 14.0 Å². The smallest absolute Gasteiger partial charge is 0.276 e. The van der Waals surface area contributed by atoms with Gasteiger partial charge >= 0.3 is 0 Å². The largest absolute Gasteiger partial charge is 0.355 e. The number of halogens is 1. The fourth-order valence-corrected chi connectivity index (χ4v) is 3.83. The summed E-state index contributed by atoms with van der Waals surface area (Å²) in [5.41, 5.74) is 0.792. The van der Waals surface area contributed by atoms with Gasteiger partial charge in [-0.25, -0.2) is 4.39 Å². The van der Waals surface area contributed by atoms with Crippen molar-refractivity contribution in [1.82, 2.24) is 15.4 Å². The lowest BCUT2D eigenvalue weighted by molar-refractivity contribution is -0.130. The summed E-state index contributed by atoms with van der Waals surface area (Å²) < 4.78 is 18.5. The standard InChI is InChI=1S/C23H30FN3O3/c1-4-5-6-7-18-14-27(20(12-15(2)3)22(28)25-18)23(29)19-13-21(30-26-19)16-8-10-17(24)11-9-16/h8-11,13,15,18,20H,4-7,12,14H2,1-3H3,(H,25,28)/t18-,20-/m0/s1. The zero-order valence-corrected chi connectivity index (χ0v) is 17.9. The van der Waals surface area contributed by atoms with Crippen molar-refractivity contribution in [3.63, 3.8) is 0 Å². The maximum absolute atomic E-state index is 13.3. The summed E-state index contributed by atoms with van der Waals surface area (Å²) in [5.74, 6) is -0.112. The molecular formula is C23H30FN3O3. The first-order valence-electron chi connectivity index (χ1n) is 10.7. The van der Waals surface area contributed by atoms with Crippen LogP contribution in [0.5, 0.6) is 0 Å². The summed E-state index contributed by atoms with van der Waals surface area (Å²) in [4.78, 5) is 27.7. The molecule has 3 rings (SSSR count). The SMILES string of the molecule is CCCCC[C@H]1CN(C(=O)c2cc(-c3ccc(F)cc3)on2)[C@@H](CC(C)C)C(=O)N1. The molecule has 30 heavy (non-hydrogen) atoms. The van der Waals surface area contributed by atoms with Gasteiger partial charge in [0.25, 0.3) is 5.91 Å². The van der Waals surface area contributed by atoms with Gasteiger partial charge in [0, 0.05) is 24.2 Å². The number of rotatable bonds is 8. The maximum Gasteiger partial charge on any atom is 0.276 e. The Bertz CT molecular complexity index is 863. The molecule has 1 aromatic heterocycles. The Morgan fingerprint density at radius 1 is 1.30 bits per heavy atom. The van der Waals surface area contributed by atoms with E-state index in [0.29, 0.717) is 24.3 Å². The number of nitrogens with one attached hydrogen (secondary N) is 1. The quantitative estimate of drug-likeness (QED) is 0.648. The average molecular weight is 416 g/mol. The highest BCUT2D eigenvalue weighted by atomic mass is 19.1. The molecule has 1 fully saturated rings. The summed E-state index contributed by atoms with van der Waals surface area (Å²) in [7, 11) is 0. The van der Waals surface area contributed by atoms with E-state index in [1.807, 2.05) is 13.8 Å². The molecule has 2 atom stereocenters. The second kappa shape index (κ2) is 9.87. The number of carbonyl (C=O) groups excluding carboxylic acids is 2. The summed E-state index contributed by atoms with van der Waals surface area (Å²) >= 11 is 0. The first kappa shape index (κ1) is 22.0. The number of aromatic nitrogens is 1. The van der Waals surface area contributed by atoms with Gasteiger partial charge in [-0.1, -0.05) is 45.2 Å². The lowest BCUT2D eigenvalue weighted by Gasteiger charge is -2.39. The Hall–Kier alpha value is -2.70. The molecule has 7 heteroatoms. The van der Waals surface area contributed by atoms with Gasteiger partial charge in [-0.3, -0.25) is 9.59 Å². The van der Waals surface area contributed by atoms with Crippen molar-refractivity contribution in [2.24, 2.45) is 5.92 Å². The van der Waals surface area contributed by atoms with Crippen LogP contribution in [0.2, 0.25) is 0 Å². The molecular weight excluding hydrogens is 385 g/mol. The van der Waals surface area contributed by atoms with Crippen LogP contribution >= 0.6 is 0 Å². The topological polar surface area (TPSA) is 75.4 Å². The monoisotopic (exact) mass is 415 g/mol. The Balaban J connectivity index is 1.80. The lowest BCUT2D eigenvalue weighted by atomic mass is 9.96. The molecule has 162 valence electrons. The predicted molar refractivity (Wildman–Crippen MR) is 112 cm³/mol. The van der Waals surface area contributed by atoms with Gasteiger partial charge in [-0.15, -0.1) is 0 Å². The molecule has 1 saturated heterocycles. The van der Waals surface area contributed by atoms with Crippen molar-refractivity contribution in [1.29, 1.82) is 0 Å². The van der Waals surface area contributed by atoms with E-state index >= 15 is 0 Å². The molecule has 1 aromatic carbocycles. The maximum atomic E-state index is 13.3. The van der Waals surface area contributed by atoms with Crippen LogP contribution < -0.4 is 5.32 Å². The summed E-state index contributed by atoms with van der Waals surface area (Å²) in [6.07, 6.45) is 4.64. The molecule has 0 unspecified atom stereocenters. The van der Waals surface area contributed by atoms with E-state index in [0.717, 1.165) is 25.7 Å². The van der Waals surface area contributed by atoms with Crippen molar-refractivity contribution in [3.8, 4) is 11.3 Å². The molecule has 1 aliphatic rings. The van der Waals surface area contributed by atoms with Crippen LogP contribution in [0.25, 0.3) is 11.3 Å². The van der Waals surface area contributed by atoms with Crippen molar-refractivity contribution in [3.05, 3.63) is 41.8 Å². The molecule has 2 heterocycles. The van der Waals surface area contributed by atoms with Gasteiger partial charge in [0.15, 0.2) is 11.5 Å². The second-order valence-electron chi connectivity index (χ2n) is 8.39. The lowest BCUT2D eigenvalue weighted by Crippen LogP contribution is -2.61. The van der Waals surface area contributed by atoms with E-state index < -0.39 is 6.04 Å². The molecule has 0 saturated carbocycles. The Morgan fingerprint density at radius 3 is 2.70 bits per heavy atom. The second-order valence-corrected chi connectivity index (χ2v) is 8.39. The number of piperazine rings is 1. The van der Waals surface area contributed by atoms with Crippen LogP contribution in [0.1, 0.15) is 63.4 Å². The summed E-state index contributed by atoms with van der Waals surface area (Å²) in [5, 5.41) is 7.03. The highest BCUT2D eigenvalue weighted by Crippen LogP contribution is 2.24. The average Bonchev–Trinajstić information content (AvgIpc) is 3.20. The first-order chi connectivity index (χ1) is 14.4. The molecule has 2 aromatic rings. The van der Waals surface area contributed by atoms with E-state index in [1.54, 1.807) is 23.1 Å². The zero-order chi connectivity index (χ0) is 21.7. The van der Waals surface area contributed by atoms with E-state index in [2.05, 4.69) is 17.4 Å². The zero-order valence-electron chi connectivity index (χ0n) is 17.9. The van der Waals surface area contributed by atoms with Gasteiger partial charge in [-0.2, -0.15) is 0 Å². The molecule has 1 N–H and O–H groups in total. The summed E-state index contributed by atoms with van der Waals surface area (Å²) in [6.45, 7) is 6.67. The fourth-order valence-electron chi connectivity index (χ4n) is 3.83. The molecule has 6 nitrogen and oxygen atoms in total. The first-order valence-corrected chi connectivity index (χ1v) is 10.7. The minimum Gasteiger partial charge on any atom is -0.355 e. The highest BCUT2D eigenvalue weighted by Gasteiger charge is 2.38. The van der Waals surface area contributed by atoms with E-state index in [-0.39, 0.29) is 35.3 Å². The van der Waals surface area contributed by atoms with Gasteiger partial charge < -0.3 is 14.7 Å². The fraction of sp³-hybridized carbons (Fsp3) is 0.522. The highest BCUT2D eigenvalue weighted by molar-refractivity contribution is 5.97. The van der Waals surface area contributed by atoms with Gasteiger partial charge in [-0.05, 0) is 43.0 Å². The van der Waals surface area contributed by atoms with Gasteiger partial charge in [0.2, 0.25) is 5.91 Å². The predicted octanol–water partition coefficient (Wildman–Crippen LogP) is 4.42. The van der Waals surface area contributed by atoms with Crippen LogP contribution in [-0.2, 0) is 4.79 Å². The van der Waals surface area contributed by atoms with E-state index in [1.165, 1.54) is 12.1 Å². The van der Waals surface area contributed by atoms with Crippen LogP contribution in [0, 0.1) is 11.7 Å². The van der Waals surface area contributed by atoms with Crippen LogP contribution in [-0.4, -0.2) is 40.5 Å². The minimum atomic E-state index is -0.522. The van der Waals surface area contributed by atoms with Crippen molar-refractivity contribution < 1.29 is 18.5 Å². The van der Waals surface area contributed by atoms with E-state index in [4.69, 9.17) is 4.52 Å². The van der Waals surface area contributed by atoms with Gasteiger partial charge in [0.1, 0.15) is 11.9 Å². The number of benzene rings is 1. The molecule has 0 aliphatic carbocycles. The molecule has 0 bridgehead atoms. The number of carbonyl (C=O) groups is 2. The van der Waals surface area contributed by atoms with Crippen LogP contribution in [0.3, 0.4) is 0 Å². The third kappa shape index (κ3) is 5.26. The molecule has 1 aliphatic heterocycles. The van der Waals surface area contributed by atoms with Crippen LogP contribution in [0.4, 0.5) is 4.39 Å².